The molecule has 0 saturated carbocycles. The number of anilines is 2. The minimum atomic E-state index is -0.130. The number of aromatic nitrogens is 6. The Bertz CT molecular complexity index is 1730. The van der Waals surface area contributed by atoms with Crippen LogP contribution in [0.1, 0.15) is 34.0 Å². The molecule has 10 nitrogen and oxygen atoms in total. The van der Waals surface area contributed by atoms with Crippen LogP contribution in [0, 0.1) is 0 Å². The zero-order chi connectivity index (χ0) is 28.7. The molecule has 2 N–H and O–H groups in total. The van der Waals surface area contributed by atoms with Crippen molar-refractivity contribution in [1.29, 1.82) is 0 Å². The molecule has 6 rings (SSSR count). The third-order valence-electron chi connectivity index (χ3n) is 6.60. The van der Waals surface area contributed by atoms with Gasteiger partial charge in [-0.1, -0.05) is 46.9 Å². The fraction of sp³-hybridized carbons (Fsp3) is 0.200. The molecular weight excluding hydrogens is 569 g/mol. The largest absolute Gasteiger partial charge is 0.300 e. The normalized spacial score (nSPS) is 11.1. The molecule has 0 saturated heterocycles. The van der Waals surface area contributed by atoms with Crippen LogP contribution in [0.3, 0.4) is 0 Å². The number of rotatable bonds is 11. The molecule has 0 aliphatic carbocycles. The second kappa shape index (κ2) is 12.9. The van der Waals surface area contributed by atoms with Crippen molar-refractivity contribution < 1.29 is 9.59 Å². The Morgan fingerprint density at radius 3 is 1.55 bits per heavy atom. The zero-order valence-corrected chi connectivity index (χ0v) is 24.1. The molecule has 0 fully saturated rings. The quantitative estimate of drug-likeness (QED) is 0.190. The first-order valence-electron chi connectivity index (χ1n) is 13.5. The Morgan fingerprint density at radius 2 is 1.07 bits per heavy atom. The molecule has 4 heterocycles. The predicted octanol–water partition coefficient (Wildman–Crippen LogP) is 5.41. The second-order valence-electron chi connectivity index (χ2n) is 9.77. The lowest BCUT2D eigenvalue weighted by atomic mass is 10.1. The lowest BCUT2D eigenvalue weighted by Crippen LogP contribution is -2.14. The smallest absolute Gasteiger partial charge is 0.230 e. The van der Waals surface area contributed by atoms with Gasteiger partial charge in [-0.25, -0.2) is 0 Å². The Balaban J connectivity index is 0.915. The number of benzene rings is 2. The Morgan fingerprint density at radius 1 is 0.595 bits per heavy atom. The zero-order valence-electron chi connectivity index (χ0n) is 22.5. The first-order chi connectivity index (χ1) is 20.6. The number of fused-ring (bicyclic) bond motifs is 2. The van der Waals surface area contributed by atoms with Gasteiger partial charge in [-0.3, -0.25) is 19.6 Å². The average Bonchev–Trinajstić information content (AvgIpc) is 3.64. The van der Waals surface area contributed by atoms with E-state index < -0.39 is 0 Å². The van der Waals surface area contributed by atoms with Crippen LogP contribution < -0.4 is 10.6 Å². The summed E-state index contributed by atoms with van der Waals surface area (Å²) >= 11 is 2.78. The number of aryl methyl sites for hydroxylation is 2. The summed E-state index contributed by atoms with van der Waals surface area (Å²) in [7, 11) is 0. The lowest BCUT2D eigenvalue weighted by molar-refractivity contribution is -0.116. The van der Waals surface area contributed by atoms with Gasteiger partial charge < -0.3 is 10.6 Å². The van der Waals surface area contributed by atoms with Gasteiger partial charge in [-0.15, -0.1) is 20.4 Å². The summed E-state index contributed by atoms with van der Waals surface area (Å²) in [6, 6.07) is 15.7. The SMILES string of the molecule is O=C(Cc1ccc2ccncc2c1)Nc1nnc(CCCCc2nnc(NC(=O)Cc3ccc4ccncc4c3)s2)s1. The van der Waals surface area contributed by atoms with Crippen LogP contribution >= 0.6 is 22.7 Å². The van der Waals surface area contributed by atoms with E-state index in [1.165, 1.54) is 22.7 Å². The van der Waals surface area contributed by atoms with E-state index >= 15 is 0 Å². The highest BCUT2D eigenvalue weighted by molar-refractivity contribution is 7.15. The van der Waals surface area contributed by atoms with E-state index in [1.807, 2.05) is 48.5 Å². The summed E-state index contributed by atoms with van der Waals surface area (Å²) in [4.78, 5) is 33.3. The van der Waals surface area contributed by atoms with Crippen molar-refractivity contribution in [2.75, 3.05) is 10.6 Å². The van der Waals surface area contributed by atoms with Crippen molar-refractivity contribution in [2.24, 2.45) is 0 Å². The number of hydrogen-bond acceptors (Lipinski definition) is 10. The molecular formula is C30H26N8O2S2. The highest BCUT2D eigenvalue weighted by Crippen LogP contribution is 2.22. The minimum Gasteiger partial charge on any atom is -0.300 e. The number of hydrogen-bond donors (Lipinski definition) is 2. The summed E-state index contributed by atoms with van der Waals surface area (Å²) in [5.74, 6) is -0.260. The predicted molar refractivity (Wildman–Crippen MR) is 165 cm³/mol. The summed E-state index contributed by atoms with van der Waals surface area (Å²) in [5.41, 5.74) is 1.83. The number of amides is 2. The van der Waals surface area contributed by atoms with Gasteiger partial charge >= 0.3 is 0 Å². The molecule has 0 radical (unpaired) electrons. The maximum atomic E-state index is 12.5. The van der Waals surface area contributed by atoms with E-state index in [9.17, 15) is 9.59 Å². The number of nitrogens with one attached hydrogen (secondary N) is 2. The monoisotopic (exact) mass is 594 g/mol. The van der Waals surface area contributed by atoms with E-state index in [0.29, 0.717) is 10.3 Å². The summed E-state index contributed by atoms with van der Waals surface area (Å²) in [5, 5.41) is 29.3. The third kappa shape index (κ3) is 7.14. The number of unbranched alkanes of at least 4 members (excludes halogenated alkanes) is 1. The van der Waals surface area contributed by atoms with Crippen LogP contribution in [0.4, 0.5) is 10.3 Å². The first kappa shape index (κ1) is 27.5. The van der Waals surface area contributed by atoms with Gasteiger partial charge in [0.2, 0.25) is 22.1 Å². The second-order valence-corrected chi connectivity index (χ2v) is 11.9. The maximum Gasteiger partial charge on any atom is 0.230 e. The van der Waals surface area contributed by atoms with Crippen molar-refractivity contribution >= 4 is 66.3 Å². The standard InChI is InChI=1S/C30H26N8O2S2/c39-25(15-19-5-7-21-9-11-31-17-23(21)13-19)33-29-37-35-27(41-29)3-1-2-4-28-36-38-30(42-28)34-26(40)16-20-6-8-22-10-12-32-18-24(22)14-20/h5-14,17-18H,1-4,15-16H2,(H,33,37,39)(H,34,38,40). The number of carbonyl (C=O) groups is 2. The highest BCUT2D eigenvalue weighted by atomic mass is 32.1. The molecule has 2 aromatic carbocycles. The Labute approximate surface area is 249 Å². The average molecular weight is 595 g/mol. The fourth-order valence-corrected chi connectivity index (χ4v) is 6.14. The minimum absolute atomic E-state index is 0.130. The molecule has 42 heavy (non-hydrogen) atoms. The van der Waals surface area contributed by atoms with Crippen molar-refractivity contribution in [3.05, 3.63) is 94.5 Å². The van der Waals surface area contributed by atoms with E-state index in [2.05, 4.69) is 41.0 Å². The van der Waals surface area contributed by atoms with Crippen LogP contribution in [0.15, 0.2) is 73.3 Å². The van der Waals surface area contributed by atoms with Gasteiger partial charge in [0.05, 0.1) is 12.8 Å². The number of carbonyl (C=O) groups excluding carboxylic acids is 2. The molecule has 0 unspecified atom stereocenters. The molecule has 2 amide bonds. The third-order valence-corrected chi connectivity index (χ3v) is 8.39. The fourth-order valence-electron chi connectivity index (χ4n) is 4.55. The summed E-state index contributed by atoms with van der Waals surface area (Å²) < 4.78 is 0. The Hall–Kier alpha value is -4.68. The van der Waals surface area contributed by atoms with Crippen LogP contribution in [-0.2, 0) is 35.3 Å². The van der Waals surface area contributed by atoms with Gasteiger partial charge in [0, 0.05) is 48.4 Å². The number of nitrogens with zero attached hydrogens (tertiary/aromatic N) is 6. The summed E-state index contributed by atoms with van der Waals surface area (Å²) in [6.07, 6.45) is 10.9. The molecule has 4 aromatic heterocycles. The Kier molecular flexibility index (Phi) is 8.43. The van der Waals surface area contributed by atoms with Crippen molar-refractivity contribution in [1.82, 2.24) is 30.4 Å². The van der Waals surface area contributed by atoms with Gasteiger partial charge in [0.25, 0.3) is 0 Å². The number of pyridine rings is 2. The molecule has 210 valence electrons. The van der Waals surface area contributed by atoms with E-state index in [1.54, 1.807) is 24.8 Å². The molecule has 12 heteroatoms. The van der Waals surface area contributed by atoms with Gasteiger partial charge in [0.1, 0.15) is 10.0 Å². The van der Waals surface area contributed by atoms with E-state index in [4.69, 9.17) is 0 Å². The van der Waals surface area contributed by atoms with E-state index in [0.717, 1.165) is 68.4 Å². The lowest BCUT2D eigenvalue weighted by Gasteiger charge is -2.03. The van der Waals surface area contributed by atoms with Crippen molar-refractivity contribution in [3.8, 4) is 0 Å². The molecule has 0 aliphatic rings. The maximum absolute atomic E-state index is 12.5. The molecule has 0 bridgehead atoms. The van der Waals surface area contributed by atoms with E-state index in [-0.39, 0.29) is 24.7 Å². The van der Waals surface area contributed by atoms with Crippen molar-refractivity contribution in [2.45, 2.75) is 38.5 Å². The van der Waals surface area contributed by atoms with Gasteiger partial charge in [-0.05, 0) is 59.0 Å². The topological polar surface area (TPSA) is 136 Å². The first-order valence-corrected chi connectivity index (χ1v) is 15.1. The van der Waals surface area contributed by atoms with Gasteiger partial charge in [0.15, 0.2) is 0 Å². The van der Waals surface area contributed by atoms with Crippen molar-refractivity contribution in [3.63, 3.8) is 0 Å². The molecule has 6 aromatic rings. The highest BCUT2D eigenvalue weighted by Gasteiger charge is 2.12. The summed E-state index contributed by atoms with van der Waals surface area (Å²) in [6.45, 7) is 0. The van der Waals surface area contributed by atoms with Gasteiger partial charge in [-0.2, -0.15) is 0 Å². The van der Waals surface area contributed by atoms with Crippen LogP contribution in [-0.4, -0.2) is 42.2 Å². The van der Waals surface area contributed by atoms with Crippen LogP contribution in [0.5, 0.6) is 0 Å². The van der Waals surface area contributed by atoms with Crippen LogP contribution in [0.25, 0.3) is 21.5 Å². The molecule has 0 spiro atoms. The molecule has 0 atom stereocenters. The van der Waals surface area contributed by atoms with Crippen LogP contribution in [0.2, 0.25) is 0 Å². The molecule has 0 aliphatic heterocycles.